The van der Waals surface area contributed by atoms with Crippen LogP contribution in [0.4, 0.5) is 0 Å². The van der Waals surface area contributed by atoms with Gasteiger partial charge in [-0.2, -0.15) is 0 Å². The zero-order chi connectivity index (χ0) is 12.3. The molecular formula is C11H15N3O2. The molecule has 0 fully saturated rings. The van der Waals surface area contributed by atoms with Crippen molar-refractivity contribution in [2.24, 2.45) is 0 Å². The first-order valence-electron chi connectivity index (χ1n) is 4.96. The molecule has 16 heavy (non-hydrogen) atoms. The Hall–Kier alpha value is -1.78. The lowest BCUT2D eigenvalue weighted by Crippen LogP contribution is -2.41. The third kappa shape index (κ3) is 3.12. The molecule has 1 amide bonds. The van der Waals surface area contributed by atoms with Gasteiger partial charge in [0.05, 0.1) is 0 Å². The van der Waals surface area contributed by atoms with Crippen molar-refractivity contribution in [1.29, 1.82) is 0 Å². The first-order valence-corrected chi connectivity index (χ1v) is 4.96. The van der Waals surface area contributed by atoms with Crippen molar-refractivity contribution in [2.45, 2.75) is 33.2 Å². The molecule has 0 radical (unpaired) electrons. The molecule has 1 aromatic heterocycles. The fourth-order valence-electron chi connectivity index (χ4n) is 1.16. The summed E-state index contributed by atoms with van der Waals surface area (Å²) in [6.07, 6.45) is 2.79. The average molecular weight is 221 g/mol. The maximum Gasteiger partial charge on any atom is 0.272 e. The maximum atomic E-state index is 11.8. The van der Waals surface area contributed by atoms with Crippen LogP contribution in [0.15, 0.2) is 12.4 Å². The van der Waals surface area contributed by atoms with E-state index >= 15 is 0 Å². The normalized spacial score (nSPS) is 11.0. The molecule has 0 atom stereocenters. The van der Waals surface area contributed by atoms with Crippen molar-refractivity contribution in [1.82, 2.24) is 15.3 Å². The number of ketones is 1. The van der Waals surface area contributed by atoms with Crippen molar-refractivity contribution >= 4 is 11.7 Å². The van der Waals surface area contributed by atoms with Crippen molar-refractivity contribution in [2.75, 3.05) is 0 Å². The van der Waals surface area contributed by atoms with Crippen molar-refractivity contribution < 1.29 is 9.59 Å². The number of aromatic nitrogens is 2. The molecule has 5 nitrogen and oxygen atoms in total. The second-order valence-electron chi connectivity index (χ2n) is 4.51. The molecule has 0 saturated carbocycles. The fourth-order valence-corrected chi connectivity index (χ4v) is 1.16. The van der Waals surface area contributed by atoms with Gasteiger partial charge in [-0.3, -0.25) is 9.59 Å². The van der Waals surface area contributed by atoms with Gasteiger partial charge in [0.15, 0.2) is 11.5 Å². The number of amides is 1. The minimum absolute atomic E-state index is 0.0740. The predicted octanol–water partition coefficient (Wildman–Crippen LogP) is 1.21. The Bertz CT molecular complexity index is 421. The summed E-state index contributed by atoms with van der Waals surface area (Å²) < 4.78 is 0. The summed E-state index contributed by atoms with van der Waals surface area (Å²) in [7, 11) is 0. The van der Waals surface area contributed by atoms with E-state index < -0.39 is 0 Å². The van der Waals surface area contributed by atoms with Crippen LogP contribution in [0.1, 0.15) is 48.7 Å². The number of nitrogens with zero attached hydrogens (tertiary/aromatic N) is 2. The van der Waals surface area contributed by atoms with E-state index in [0.29, 0.717) is 0 Å². The number of nitrogens with one attached hydrogen (secondary N) is 1. The molecule has 0 aliphatic carbocycles. The highest BCUT2D eigenvalue weighted by atomic mass is 16.2. The molecule has 0 saturated heterocycles. The standard InChI is InChI=1S/C11H15N3O2/c1-7(15)8-9(13-6-5-12-8)10(16)14-11(2,3)4/h5-6H,1-4H3,(H,14,16). The largest absolute Gasteiger partial charge is 0.346 e. The first kappa shape index (κ1) is 12.3. The number of carbonyl (C=O) groups is 2. The summed E-state index contributed by atoms with van der Waals surface area (Å²) >= 11 is 0. The van der Waals surface area contributed by atoms with E-state index in [2.05, 4.69) is 15.3 Å². The summed E-state index contributed by atoms with van der Waals surface area (Å²) in [4.78, 5) is 30.8. The molecule has 0 bridgehead atoms. The van der Waals surface area contributed by atoms with E-state index in [0.717, 1.165) is 0 Å². The van der Waals surface area contributed by atoms with Crippen LogP contribution in [0.3, 0.4) is 0 Å². The van der Waals surface area contributed by atoms with Crippen LogP contribution in [0.25, 0.3) is 0 Å². The van der Waals surface area contributed by atoms with Gasteiger partial charge in [0.2, 0.25) is 0 Å². The molecule has 1 N–H and O–H groups in total. The second kappa shape index (κ2) is 4.38. The molecule has 1 heterocycles. The van der Waals surface area contributed by atoms with Crippen molar-refractivity contribution in [3.05, 3.63) is 23.8 Å². The van der Waals surface area contributed by atoms with E-state index in [1.165, 1.54) is 19.3 Å². The number of Topliss-reactive ketones (excluding diaryl/α,β-unsaturated/α-hetero) is 1. The third-order valence-corrected chi connectivity index (χ3v) is 1.74. The maximum absolute atomic E-state index is 11.8. The minimum atomic E-state index is -0.384. The monoisotopic (exact) mass is 221 g/mol. The average Bonchev–Trinajstić information content (AvgIpc) is 2.15. The first-order chi connectivity index (χ1) is 7.31. The van der Waals surface area contributed by atoms with Crippen molar-refractivity contribution in [3.63, 3.8) is 0 Å². The molecule has 0 aliphatic heterocycles. The van der Waals surface area contributed by atoms with Crippen LogP contribution in [-0.4, -0.2) is 27.2 Å². The second-order valence-corrected chi connectivity index (χ2v) is 4.51. The van der Waals surface area contributed by atoms with Gasteiger partial charge < -0.3 is 5.32 Å². The number of hydrogen-bond acceptors (Lipinski definition) is 4. The highest BCUT2D eigenvalue weighted by Gasteiger charge is 2.21. The fraction of sp³-hybridized carbons (Fsp3) is 0.455. The molecule has 1 rings (SSSR count). The lowest BCUT2D eigenvalue weighted by molar-refractivity contribution is 0.0901. The molecule has 5 heteroatoms. The lowest BCUT2D eigenvalue weighted by Gasteiger charge is -2.20. The van der Waals surface area contributed by atoms with Crippen LogP contribution < -0.4 is 5.32 Å². The Morgan fingerprint density at radius 3 is 2.06 bits per heavy atom. The number of carbonyl (C=O) groups excluding carboxylic acids is 2. The van der Waals surface area contributed by atoms with Gasteiger partial charge in [0.25, 0.3) is 5.91 Å². The third-order valence-electron chi connectivity index (χ3n) is 1.74. The van der Waals surface area contributed by atoms with Gasteiger partial charge in [-0.1, -0.05) is 0 Å². The zero-order valence-corrected chi connectivity index (χ0v) is 9.87. The van der Waals surface area contributed by atoms with E-state index in [-0.39, 0.29) is 28.6 Å². The van der Waals surface area contributed by atoms with E-state index in [4.69, 9.17) is 0 Å². The van der Waals surface area contributed by atoms with Gasteiger partial charge in [-0.15, -0.1) is 0 Å². The van der Waals surface area contributed by atoms with Crippen molar-refractivity contribution in [3.8, 4) is 0 Å². The molecular weight excluding hydrogens is 206 g/mol. The topological polar surface area (TPSA) is 72.0 Å². The highest BCUT2D eigenvalue weighted by Crippen LogP contribution is 2.06. The Morgan fingerprint density at radius 2 is 1.62 bits per heavy atom. The van der Waals surface area contributed by atoms with Crippen LogP contribution in [0.5, 0.6) is 0 Å². The van der Waals surface area contributed by atoms with Gasteiger partial charge >= 0.3 is 0 Å². The highest BCUT2D eigenvalue weighted by molar-refractivity contribution is 6.04. The number of rotatable bonds is 2. The van der Waals surface area contributed by atoms with E-state index in [1.54, 1.807) is 0 Å². The van der Waals surface area contributed by atoms with Gasteiger partial charge in [-0.05, 0) is 20.8 Å². The zero-order valence-electron chi connectivity index (χ0n) is 9.87. The molecule has 0 spiro atoms. The van der Waals surface area contributed by atoms with Crippen LogP contribution in [0.2, 0.25) is 0 Å². The van der Waals surface area contributed by atoms with E-state index in [1.807, 2.05) is 20.8 Å². The lowest BCUT2D eigenvalue weighted by atomic mass is 10.1. The molecule has 86 valence electrons. The minimum Gasteiger partial charge on any atom is -0.346 e. The smallest absolute Gasteiger partial charge is 0.272 e. The Morgan fingerprint density at radius 1 is 1.12 bits per heavy atom. The molecule has 0 aromatic carbocycles. The summed E-state index contributed by atoms with van der Waals surface area (Å²) in [6, 6.07) is 0. The predicted molar refractivity (Wildman–Crippen MR) is 59.3 cm³/mol. The van der Waals surface area contributed by atoms with E-state index in [9.17, 15) is 9.59 Å². The Labute approximate surface area is 94.3 Å². The molecule has 0 unspecified atom stereocenters. The van der Waals surface area contributed by atoms with Crippen LogP contribution in [-0.2, 0) is 0 Å². The van der Waals surface area contributed by atoms with Crippen LogP contribution >= 0.6 is 0 Å². The molecule has 0 aliphatic rings. The summed E-state index contributed by atoms with van der Waals surface area (Å²) in [6.45, 7) is 6.93. The quantitative estimate of drug-likeness (QED) is 0.762. The van der Waals surface area contributed by atoms with Crippen LogP contribution in [0, 0.1) is 0 Å². The van der Waals surface area contributed by atoms with Gasteiger partial charge in [-0.25, -0.2) is 9.97 Å². The molecule has 1 aromatic rings. The van der Waals surface area contributed by atoms with Gasteiger partial charge in [0, 0.05) is 24.9 Å². The SMILES string of the molecule is CC(=O)c1nccnc1C(=O)NC(C)(C)C. The summed E-state index contributed by atoms with van der Waals surface area (Å²) in [5, 5.41) is 2.74. The van der Waals surface area contributed by atoms with Gasteiger partial charge in [0.1, 0.15) is 5.69 Å². The Kier molecular flexibility index (Phi) is 3.37. The Balaban J connectivity index is 3.04. The number of hydrogen-bond donors (Lipinski definition) is 1. The summed E-state index contributed by atoms with van der Waals surface area (Å²) in [5.74, 6) is -0.655. The summed E-state index contributed by atoms with van der Waals surface area (Å²) in [5.41, 5.74) is -0.197.